The van der Waals surface area contributed by atoms with Gasteiger partial charge in [-0.25, -0.2) is 0 Å². The first-order valence-electron chi connectivity index (χ1n) is 8.74. The molecule has 1 aliphatic rings. The Balaban J connectivity index is 1.57. The molecule has 1 aliphatic heterocycles. The van der Waals surface area contributed by atoms with E-state index in [0.717, 1.165) is 18.8 Å². The van der Waals surface area contributed by atoms with Crippen LogP contribution in [0.3, 0.4) is 0 Å². The molecular weight excluding hydrogens is 318 g/mol. The molecule has 2 aromatic rings. The first kappa shape index (κ1) is 17.6. The topological polar surface area (TPSA) is 67.6 Å². The van der Waals surface area contributed by atoms with E-state index in [-0.39, 0.29) is 11.6 Å². The van der Waals surface area contributed by atoms with Crippen molar-refractivity contribution in [1.29, 1.82) is 0 Å². The van der Waals surface area contributed by atoms with Gasteiger partial charge in [-0.15, -0.1) is 0 Å². The number of nitrogens with one attached hydrogen (secondary N) is 1. The number of methoxy groups -OCH3 is 1. The smallest absolute Gasteiger partial charge is 0.277 e. The average molecular weight is 343 g/mol. The number of ether oxygens (including phenoxy) is 1. The van der Waals surface area contributed by atoms with E-state index in [2.05, 4.69) is 34.4 Å². The zero-order valence-electron chi connectivity index (χ0n) is 14.8. The molecule has 1 atom stereocenters. The van der Waals surface area contributed by atoms with Crippen LogP contribution in [0.1, 0.15) is 48.0 Å². The lowest BCUT2D eigenvalue weighted by molar-refractivity contribution is 0.101. The number of likely N-dealkylation sites (tertiary alicyclic amines) is 1. The van der Waals surface area contributed by atoms with Crippen LogP contribution in [-0.2, 0) is 17.9 Å². The molecule has 1 saturated heterocycles. The van der Waals surface area contributed by atoms with Crippen molar-refractivity contribution < 1.29 is 14.1 Å². The number of aromatic nitrogens is 1. The Morgan fingerprint density at radius 1 is 1.36 bits per heavy atom. The van der Waals surface area contributed by atoms with Crippen LogP contribution in [0.5, 0.6) is 0 Å². The van der Waals surface area contributed by atoms with Crippen LogP contribution in [0.15, 0.2) is 34.9 Å². The van der Waals surface area contributed by atoms with Gasteiger partial charge in [0.1, 0.15) is 6.61 Å². The van der Waals surface area contributed by atoms with E-state index >= 15 is 0 Å². The van der Waals surface area contributed by atoms with Crippen molar-refractivity contribution >= 4 is 11.6 Å². The normalized spacial score (nSPS) is 18.2. The van der Waals surface area contributed by atoms with Crippen molar-refractivity contribution in [3.05, 3.63) is 47.3 Å². The van der Waals surface area contributed by atoms with Gasteiger partial charge in [-0.3, -0.25) is 9.69 Å². The second-order valence-electron chi connectivity index (χ2n) is 6.58. The minimum Gasteiger partial charge on any atom is -0.377 e. The highest BCUT2D eigenvalue weighted by molar-refractivity contribution is 6.02. The molecule has 0 saturated carbocycles. The summed E-state index contributed by atoms with van der Waals surface area (Å²) in [4.78, 5) is 14.7. The molecule has 25 heavy (non-hydrogen) atoms. The number of carbonyl (C=O) groups excluding carboxylic acids is 1. The lowest BCUT2D eigenvalue weighted by atomic mass is 10.0. The van der Waals surface area contributed by atoms with E-state index in [1.165, 1.54) is 24.8 Å². The molecule has 1 aromatic carbocycles. The van der Waals surface area contributed by atoms with E-state index in [9.17, 15) is 4.79 Å². The average Bonchev–Trinajstić information content (AvgIpc) is 3.08. The van der Waals surface area contributed by atoms with E-state index in [4.69, 9.17) is 9.26 Å². The zero-order chi connectivity index (χ0) is 17.6. The first-order valence-corrected chi connectivity index (χ1v) is 8.74. The molecule has 1 aromatic heterocycles. The Hall–Kier alpha value is -2.18. The molecule has 6 heteroatoms. The number of hydrogen-bond acceptors (Lipinski definition) is 5. The van der Waals surface area contributed by atoms with Crippen LogP contribution < -0.4 is 5.32 Å². The molecule has 1 fully saturated rings. The van der Waals surface area contributed by atoms with Crippen LogP contribution in [0.25, 0.3) is 0 Å². The lowest BCUT2D eigenvalue weighted by Crippen LogP contribution is -2.36. The number of benzene rings is 1. The fourth-order valence-corrected chi connectivity index (χ4v) is 3.15. The summed E-state index contributed by atoms with van der Waals surface area (Å²) in [5.74, 6) is 0.238. The molecule has 0 spiro atoms. The van der Waals surface area contributed by atoms with Crippen LogP contribution in [0.4, 0.5) is 5.69 Å². The van der Waals surface area contributed by atoms with Crippen molar-refractivity contribution in [1.82, 2.24) is 10.1 Å². The van der Waals surface area contributed by atoms with Gasteiger partial charge < -0.3 is 14.6 Å². The van der Waals surface area contributed by atoms with Gasteiger partial charge in [0.05, 0.1) is 0 Å². The lowest BCUT2D eigenvalue weighted by Gasteiger charge is -2.33. The van der Waals surface area contributed by atoms with E-state index < -0.39 is 0 Å². The standard InChI is InChI=1S/C19H25N3O3/c1-14-5-3-4-10-22(14)12-15-6-8-16(9-7-15)20-19(23)18-11-17(13-24-2)25-21-18/h6-9,11,14H,3-5,10,12-13H2,1-2H3,(H,20,23)/t14-/m1/s1. The van der Waals surface area contributed by atoms with Crippen LogP contribution >= 0.6 is 0 Å². The molecule has 6 nitrogen and oxygen atoms in total. The molecule has 2 heterocycles. The van der Waals surface area contributed by atoms with Crippen molar-refractivity contribution in [2.75, 3.05) is 19.0 Å². The summed E-state index contributed by atoms with van der Waals surface area (Å²) in [5.41, 5.74) is 2.26. The van der Waals surface area contributed by atoms with E-state index in [1.54, 1.807) is 13.2 Å². The van der Waals surface area contributed by atoms with Gasteiger partial charge in [-0.05, 0) is 44.0 Å². The summed E-state index contributed by atoms with van der Waals surface area (Å²) >= 11 is 0. The first-order chi connectivity index (χ1) is 12.2. The molecule has 1 N–H and O–H groups in total. The molecular formula is C19H25N3O3. The molecule has 0 radical (unpaired) electrons. The maximum absolute atomic E-state index is 12.2. The van der Waals surface area contributed by atoms with Crippen molar-refractivity contribution in [2.45, 2.75) is 45.4 Å². The Bertz CT molecular complexity index is 696. The molecule has 0 bridgehead atoms. The summed E-state index contributed by atoms with van der Waals surface area (Å²) in [7, 11) is 1.56. The minimum atomic E-state index is -0.288. The Labute approximate surface area is 148 Å². The highest BCUT2D eigenvalue weighted by atomic mass is 16.5. The second-order valence-corrected chi connectivity index (χ2v) is 6.58. The number of carbonyl (C=O) groups is 1. The molecule has 0 aliphatic carbocycles. The zero-order valence-corrected chi connectivity index (χ0v) is 14.8. The maximum atomic E-state index is 12.2. The summed E-state index contributed by atoms with van der Waals surface area (Å²) < 4.78 is 9.99. The number of piperidine rings is 1. The second kappa shape index (κ2) is 8.27. The Morgan fingerprint density at radius 3 is 2.88 bits per heavy atom. The van der Waals surface area contributed by atoms with Crippen LogP contribution in [0.2, 0.25) is 0 Å². The Morgan fingerprint density at radius 2 is 2.16 bits per heavy atom. The predicted octanol–water partition coefficient (Wildman–Crippen LogP) is 3.45. The molecule has 3 rings (SSSR count). The summed E-state index contributed by atoms with van der Waals surface area (Å²) in [6.45, 7) is 4.71. The van der Waals surface area contributed by atoms with Gasteiger partial charge in [0, 0.05) is 31.5 Å². The van der Waals surface area contributed by atoms with Gasteiger partial charge in [0.25, 0.3) is 5.91 Å². The van der Waals surface area contributed by atoms with Crippen molar-refractivity contribution in [3.63, 3.8) is 0 Å². The van der Waals surface area contributed by atoms with Gasteiger partial charge in [0.15, 0.2) is 11.5 Å². The third kappa shape index (κ3) is 4.67. The molecule has 0 unspecified atom stereocenters. The van der Waals surface area contributed by atoms with Gasteiger partial charge in [-0.1, -0.05) is 23.7 Å². The van der Waals surface area contributed by atoms with E-state index in [1.807, 2.05) is 12.1 Å². The summed E-state index contributed by atoms with van der Waals surface area (Å²) in [5, 5.41) is 6.60. The quantitative estimate of drug-likeness (QED) is 0.870. The van der Waals surface area contributed by atoms with Gasteiger partial charge in [0.2, 0.25) is 0 Å². The largest absolute Gasteiger partial charge is 0.377 e. The third-order valence-corrected chi connectivity index (χ3v) is 4.62. The van der Waals surface area contributed by atoms with Crippen molar-refractivity contribution in [3.8, 4) is 0 Å². The van der Waals surface area contributed by atoms with Crippen molar-refractivity contribution in [2.24, 2.45) is 0 Å². The summed E-state index contributed by atoms with van der Waals surface area (Å²) in [6.07, 6.45) is 3.88. The van der Waals surface area contributed by atoms with Crippen LogP contribution in [-0.4, -0.2) is 35.7 Å². The van der Waals surface area contributed by atoms with Gasteiger partial charge >= 0.3 is 0 Å². The number of nitrogens with zero attached hydrogens (tertiary/aromatic N) is 2. The molecule has 1 amide bonds. The number of anilines is 1. The summed E-state index contributed by atoms with van der Waals surface area (Å²) in [6, 6.07) is 10.2. The van der Waals surface area contributed by atoms with E-state index in [0.29, 0.717) is 18.4 Å². The highest BCUT2D eigenvalue weighted by Gasteiger charge is 2.18. The monoisotopic (exact) mass is 343 g/mol. The number of amides is 1. The minimum absolute atomic E-state index is 0.248. The SMILES string of the molecule is COCc1cc(C(=O)Nc2ccc(CN3CCCC[C@H]3C)cc2)no1. The fourth-order valence-electron chi connectivity index (χ4n) is 3.15. The highest BCUT2D eigenvalue weighted by Crippen LogP contribution is 2.20. The Kier molecular flexibility index (Phi) is 5.83. The number of hydrogen-bond donors (Lipinski definition) is 1. The fraction of sp³-hybridized carbons (Fsp3) is 0.474. The third-order valence-electron chi connectivity index (χ3n) is 4.62. The van der Waals surface area contributed by atoms with Crippen LogP contribution in [0, 0.1) is 0 Å². The predicted molar refractivity (Wildman–Crippen MR) is 95.3 cm³/mol. The number of rotatable bonds is 6. The van der Waals surface area contributed by atoms with Gasteiger partial charge in [-0.2, -0.15) is 0 Å². The maximum Gasteiger partial charge on any atom is 0.277 e. The molecule has 134 valence electrons.